The van der Waals surface area contributed by atoms with E-state index in [1.807, 2.05) is 32.6 Å². The fraction of sp³-hybridized carbons (Fsp3) is 0.769. The maximum Gasteiger partial charge on any atom is 0.243 e. The van der Waals surface area contributed by atoms with Crippen molar-refractivity contribution in [2.24, 2.45) is 5.84 Å². The second-order valence-electron chi connectivity index (χ2n) is 5.91. The lowest BCUT2D eigenvalue weighted by Gasteiger charge is -2.38. The van der Waals surface area contributed by atoms with E-state index in [-0.39, 0.29) is 5.95 Å². The van der Waals surface area contributed by atoms with Gasteiger partial charge in [-0.1, -0.05) is 0 Å². The maximum atomic E-state index is 10.2. The Morgan fingerprint density at radius 3 is 2.00 bits per heavy atom. The van der Waals surface area contributed by atoms with Crippen LogP contribution in [0.1, 0.15) is 41.5 Å². The Bertz CT molecular complexity index is 466. The van der Waals surface area contributed by atoms with Gasteiger partial charge < -0.3 is 15.3 Å². The Morgan fingerprint density at radius 2 is 1.57 bits per heavy atom. The number of aromatic nitrogens is 3. The zero-order chi connectivity index (χ0) is 16.3. The monoisotopic (exact) mass is 297 g/mol. The van der Waals surface area contributed by atoms with Crippen LogP contribution in [0.15, 0.2) is 0 Å². The third-order valence-corrected chi connectivity index (χ3v) is 3.75. The molecule has 21 heavy (non-hydrogen) atoms. The summed E-state index contributed by atoms with van der Waals surface area (Å²) in [6.45, 7) is 12.8. The van der Waals surface area contributed by atoms with Gasteiger partial charge in [0.25, 0.3) is 0 Å². The summed E-state index contributed by atoms with van der Waals surface area (Å²) in [6.07, 6.45) is 0. The van der Waals surface area contributed by atoms with Crippen molar-refractivity contribution < 1.29 is 5.11 Å². The molecule has 1 aromatic heterocycles. The fourth-order valence-corrected chi connectivity index (χ4v) is 1.57. The van der Waals surface area contributed by atoms with Crippen LogP contribution in [-0.4, -0.2) is 44.3 Å². The van der Waals surface area contributed by atoms with Gasteiger partial charge in [0, 0.05) is 13.1 Å². The van der Waals surface area contributed by atoms with E-state index >= 15 is 0 Å². The van der Waals surface area contributed by atoms with E-state index in [4.69, 9.17) is 5.84 Å². The standard InChI is InChI=1S/C13H27N7O/c1-7-20(8-2)11-16-9(15-10(17-11)19-14)18-12(3,4)13(5,6)21/h21H,7-8,14H2,1-6H3,(H2,15,16,17,18,19). The molecule has 0 spiro atoms. The van der Waals surface area contributed by atoms with E-state index in [2.05, 4.69) is 25.7 Å². The number of nitrogens with zero attached hydrogens (tertiary/aromatic N) is 4. The summed E-state index contributed by atoms with van der Waals surface area (Å²) in [4.78, 5) is 14.8. The summed E-state index contributed by atoms with van der Waals surface area (Å²) in [5.74, 6) is 6.61. The molecule has 0 unspecified atom stereocenters. The minimum atomic E-state index is -0.953. The molecule has 8 nitrogen and oxygen atoms in total. The lowest BCUT2D eigenvalue weighted by Crippen LogP contribution is -2.51. The molecule has 0 aliphatic heterocycles. The topological polar surface area (TPSA) is 112 Å². The van der Waals surface area contributed by atoms with E-state index in [0.717, 1.165) is 13.1 Å². The molecular formula is C13H27N7O. The van der Waals surface area contributed by atoms with Gasteiger partial charge in [-0.15, -0.1) is 0 Å². The third-order valence-electron chi connectivity index (χ3n) is 3.75. The Balaban J connectivity index is 3.16. The summed E-state index contributed by atoms with van der Waals surface area (Å²) in [7, 11) is 0. The minimum Gasteiger partial charge on any atom is -0.388 e. The maximum absolute atomic E-state index is 10.2. The van der Waals surface area contributed by atoms with Gasteiger partial charge in [-0.25, -0.2) is 5.84 Å². The number of hydrogen-bond acceptors (Lipinski definition) is 8. The largest absolute Gasteiger partial charge is 0.388 e. The molecule has 0 saturated carbocycles. The Hall–Kier alpha value is -1.67. The summed E-state index contributed by atoms with van der Waals surface area (Å²) in [6, 6.07) is 0. The SMILES string of the molecule is CCN(CC)c1nc(NN)nc(NC(C)(C)C(C)(C)O)n1. The normalized spacial score (nSPS) is 12.2. The van der Waals surface area contributed by atoms with Crippen LogP contribution >= 0.6 is 0 Å². The molecule has 8 heteroatoms. The van der Waals surface area contributed by atoms with Crippen molar-refractivity contribution >= 4 is 17.8 Å². The number of hydrogen-bond donors (Lipinski definition) is 4. The molecule has 0 aliphatic carbocycles. The third kappa shape index (κ3) is 4.15. The number of aliphatic hydroxyl groups is 1. The highest BCUT2D eigenvalue weighted by Gasteiger charge is 2.35. The van der Waals surface area contributed by atoms with Crippen LogP contribution in [0, 0.1) is 0 Å². The summed E-state index contributed by atoms with van der Waals surface area (Å²) < 4.78 is 0. The molecule has 0 atom stereocenters. The second-order valence-corrected chi connectivity index (χ2v) is 5.91. The molecule has 0 bridgehead atoms. The Morgan fingerprint density at radius 1 is 1.05 bits per heavy atom. The van der Waals surface area contributed by atoms with Crippen molar-refractivity contribution in [1.82, 2.24) is 15.0 Å². The first kappa shape index (κ1) is 17.4. The van der Waals surface area contributed by atoms with Crippen molar-refractivity contribution in [3.63, 3.8) is 0 Å². The first-order chi connectivity index (χ1) is 9.64. The molecule has 0 radical (unpaired) electrons. The highest BCUT2D eigenvalue weighted by Crippen LogP contribution is 2.25. The van der Waals surface area contributed by atoms with Crippen LogP contribution in [-0.2, 0) is 0 Å². The first-order valence-electron chi connectivity index (χ1n) is 7.12. The second kappa shape index (κ2) is 6.40. The summed E-state index contributed by atoms with van der Waals surface area (Å²) in [5.41, 5.74) is 0.867. The predicted octanol–water partition coefficient (Wildman–Crippen LogP) is 0.965. The van der Waals surface area contributed by atoms with E-state index in [9.17, 15) is 5.11 Å². The van der Waals surface area contributed by atoms with Crippen LogP contribution in [0.25, 0.3) is 0 Å². The molecule has 0 aromatic carbocycles. The van der Waals surface area contributed by atoms with Gasteiger partial charge in [-0.3, -0.25) is 5.43 Å². The van der Waals surface area contributed by atoms with Gasteiger partial charge in [0.1, 0.15) is 0 Å². The molecule has 0 fully saturated rings. The predicted molar refractivity (Wildman–Crippen MR) is 85.2 cm³/mol. The molecule has 1 heterocycles. The first-order valence-corrected chi connectivity index (χ1v) is 7.12. The van der Waals surface area contributed by atoms with Crippen molar-refractivity contribution in [3.8, 4) is 0 Å². The Kier molecular flexibility index (Phi) is 5.30. The van der Waals surface area contributed by atoms with Gasteiger partial charge in [-0.2, -0.15) is 15.0 Å². The average Bonchev–Trinajstić information content (AvgIpc) is 2.38. The highest BCUT2D eigenvalue weighted by atomic mass is 16.3. The van der Waals surface area contributed by atoms with E-state index in [1.54, 1.807) is 13.8 Å². The minimum absolute atomic E-state index is 0.279. The zero-order valence-corrected chi connectivity index (χ0v) is 13.7. The molecular weight excluding hydrogens is 270 g/mol. The van der Waals surface area contributed by atoms with Crippen LogP contribution in [0.3, 0.4) is 0 Å². The molecule has 0 aliphatic rings. The van der Waals surface area contributed by atoms with E-state index < -0.39 is 11.1 Å². The lowest BCUT2D eigenvalue weighted by molar-refractivity contribution is 0.0237. The van der Waals surface area contributed by atoms with Crippen molar-refractivity contribution in [3.05, 3.63) is 0 Å². The molecule has 0 amide bonds. The molecule has 120 valence electrons. The number of nitrogen functional groups attached to an aromatic ring is 1. The number of anilines is 3. The van der Waals surface area contributed by atoms with E-state index in [0.29, 0.717) is 11.9 Å². The van der Waals surface area contributed by atoms with Gasteiger partial charge in [0.2, 0.25) is 17.8 Å². The number of nitrogens with one attached hydrogen (secondary N) is 2. The number of rotatable bonds is 7. The molecule has 5 N–H and O–H groups in total. The molecule has 0 saturated heterocycles. The van der Waals surface area contributed by atoms with Crippen LogP contribution in [0.2, 0.25) is 0 Å². The summed E-state index contributed by atoms with van der Waals surface area (Å²) >= 11 is 0. The van der Waals surface area contributed by atoms with Crippen molar-refractivity contribution in [1.29, 1.82) is 0 Å². The Labute approximate surface area is 126 Å². The smallest absolute Gasteiger partial charge is 0.243 e. The van der Waals surface area contributed by atoms with Gasteiger partial charge >= 0.3 is 0 Å². The quantitative estimate of drug-likeness (QED) is 0.435. The average molecular weight is 297 g/mol. The summed E-state index contributed by atoms with van der Waals surface area (Å²) in [5, 5.41) is 13.4. The molecule has 1 rings (SSSR count). The fourth-order valence-electron chi connectivity index (χ4n) is 1.57. The van der Waals surface area contributed by atoms with Gasteiger partial charge in [-0.05, 0) is 41.5 Å². The van der Waals surface area contributed by atoms with Crippen LogP contribution < -0.4 is 21.5 Å². The van der Waals surface area contributed by atoms with Crippen LogP contribution in [0.4, 0.5) is 17.8 Å². The zero-order valence-electron chi connectivity index (χ0n) is 13.7. The van der Waals surface area contributed by atoms with Crippen molar-refractivity contribution in [2.75, 3.05) is 28.7 Å². The van der Waals surface area contributed by atoms with E-state index in [1.165, 1.54) is 0 Å². The number of hydrazine groups is 1. The number of nitrogens with two attached hydrogens (primary N) is 1. The highest BCUT2D eigenvalue weighted by molar-refractivity contribution is 5.44. The lowest BCUT2D eigenvalue weighted by atomic mass is 9.86. The molecule has 1 aromatic rings. The van der Waals surface area contributed by atoms with Gasteiger partial charge in [0.05, 0.1) is 11.1 Å². The van der Waals surface area contributed by atoms with Crippen LogP contribution in [0.5, 0.6) is 0 Å². The van der Waals surface area contributed by atoms with Gasteiger partial charge in [0.15, 0.2) is 0 Å². The van der Waals surface area contributed by atoms with Crippen molar-refractivity contribution in [2.45, 2.75) is 52.7 Å².